The third-order valence-electron chi connectivity index (χ3n) is 3.89. The summed E-state index contributed by atoms with van der Waals surface area (Å²) in [7, 11) is -2.57. The van der Waals surface area contributed by atoms with Gasteiger partial charge >= 0.3 is 5.97 Å². The van der Waals surface area contributed by atoms with Crippen LogP contribution in [0.5, 0.6) is 0 Å². The molecule has 2 rings (SSSR count). The topological polar surface area (TPSA) is 90.0 Å². The van der Waals surface area contributed by atoms with Gasteiger partial charge in [-0.2, -0.15) is 0 Å². The Labute approximate surface area is 161 Å². The van der Waals surface area contributed by atoms with E-state index in [2.05, 4.69) is 0 Å². The van der Waals surface area contributed by atoms with Crippen molar-refractivity contribution in [3.8, 4) is 0 Å². The summed E-state index contributed by atoms with van der Waals surface area (Å²) in [6.07, 6.45) is 0. The monoisotopic (exact) mass is 421 g/mol. The van der Waals surface area contributed by atoms with Gasteiger partial charge in [0.05, 0.1) is 5.75 Å². The molecule has 0 radical (unpaired) electrons. The van der Waals surface area contributed by atoms with Crippen LogP contribution in [0.25, 0.3) is 0 Å². The van der Waals surface area contributed by atoms with Crippen molar-refractivity contribution in [1.82, 2.24) is 4.31 Å². The van der Waals surface area contributed by atoms with Crippen molar-refractivity contribution in [2.24, 2.45) is 0 Å². The van der Waals surface area contributed by atoms with E-state index < -0.39 is 33.1 Å². The molecular weight excluding hydrogens is 405 g/mol. The van der Waals surface area contributed by atoms with E-state index in [1.54, 1.807) is 0 Å². The maximum Gasteiger partial charge on any atom is 0.308 e. The molecule has 0 aliphatic carbocycles. The minimum Gasteiger partial charge on any atom is -0.456 e. The number of esters is 1. The lowest BCUT2D eigenvalue weighted by molar-refractivity contribution is -0.142. The Bertz CT molecular complexity index is 911. The fraction of sp³-hybridized carbons (Fsp3) is 0.375. The van der Waals surface area contributed by atoms with Gasteiger partial charge in [-0.1, -0.05) is 23.2 Å². The smallest absolute Gasteiger partial charge is 0.308 e. The lowest BCUT2D eigenvalue weighted by Gasteiger charge is -2.27. The van der Waals surface area contributed by atoms with Crippen LogP contribution < -0.4 is 0 Å². The van der Waals surface area contributed by atoms with Crippen LogP contribution in [0.2, 0.25) is 10.0 Å². The minimum absolute atomic E-state index is 0.190. The van der Waals surface area contributed by atoms with Crippen LogP contribution in [-0.4, -0.2) is 37.3 Å². The molecule has 0 aromatic heterocycles. The zero-order valence-electron chi connectivity index (χ0n) is 14.5. The van der Waals surface area contributed by atoms with Crippen LogP contribution in [-0.2, 0) is 34.7 Å². The molecule has 142 valence electrons. The first-order valence-corrected chi connectivity index (χ1v) is 9.89. The van der Waals surface area contributed by atoms with Gasteiger partial charge in [0.25, 0.3) is 11.7 Å². The number of rotatable bonds is 5. The Morgan fingerprint density at radius 3 is 2.50 bits per heavy atom. The Morgan fingerprint density at radius 2 is 1.96 bits per heavy atom. The summed E-state index contributed by atoms with van der Waals surface area (Å²) in [5, 5.41) is 0.494. The molecule has 1 atom stereocenters. The van der Waals surface area contributed by atoms with E-state index in [1.165, 1.54) is 39.1 Å². The van der Waals surface area contributed by atoms with Crippen molar-refractivity contribution < 1.29 is 27.5 Å². The SMILES string of the molecule is CCS(=O)(=O)N(C)C1=C(OC(C)=O)C(=O)C(C)(c2cc(Cl)ccc2Cl)O1. The Hall–Kier alpha value is -1.77. The average molecular weight is 422 g/mol. The number of Topliss-reactive ketones (excluding diaryl/α,β-unsaturated/α-hetero) is 1. The fourth-order valence-electron chi connectivity index (χ4n) is 2.40. The molecule has 0 saturated carbocycles. The van der Waals surface area contributed by atoms with Gasteiger partial charge in [0.15, 0.2) is 0 Å². The highest BCUT2D eigenvalue weighted by Gasteiger charge is 2.52. The molecule has 0 spiro atoms. The minimum atomic E-state index is -3.78. The number of hydrogen-bond acceptors (Lipinski definition) is 6. The average Bonchev–Trinajstić information content (AvgIpc) is 2.81. The number of carbonyl (C=O) groups is 2. The quantitative estimate of drug-likeness (QED) is 0.678. The molecule has 0 saturated heterocycles. The summed E-state index contributed by atoms with van der Waals surface area (Å²) in [5.74, 6) is -2.67. The van der Waals surface area contributed by atoms with Crippen LogP contribution in [0.15, 0.2) is 29.8 Å². The summed E-state index contributed by atoms with van der Waals surface area (Å²) < 4.78 is 35.9. The predicted octanol–water partition coefficient (Wildman–Crippen LogP) is 2.82. The fourth-order valence-corrected chi connectivity index (χ4v) is 3.63. The number of hydrogen-bond donors (Lipinski definition) is 0. The Morgan fingerprint density at radius 1 is 1.35 bits per heavy atom. The van der Waals surface area contributed by atoms with E-state index in [-0.39, 0.29) is 22.2 Å². The second kappa shape index (κ2) is 7.09. The molecule has 0 amide bonds. The summed E-state index contributed by atoms with van der Waals surface area (Å²) in [4.78, 5) is 24.4. The van der Waals surface area contributed by atoms with Crippen LogP contribution in [0, 0.1) is 0 Å². The van der Waals surface area contributed by atoms with Crippen LogP contribution >= 0.6 is 23.2 Å². The molecule has 1 aliphatic heterocycles. The molecule has 0 bridgehead atoms. The number of ether oxygens (including phenoxy) is 2. The van der Waals surface area contributed by atoms with Gasteiger partial charge in [-0.3, -0.25) is 9.59 Å². The first-order chi connectivity index (χ1) is 11.9. The predicted molar refractivity (Wildman–Crippen MR) is 95.9 cm³/mol. The summed E-state index contributed by atoms with van der Waals surface area (Å²) in [6.45, 7) is 3.92. The third kappa shape index (κ3) is 3.54. The van der Waals surface area contributed by atoms with Crippen molar-refractivity contribution >= 4 is 45.0 Å². The number of nitrogens with zero attached hydrogens (tertiary/aromatic N) is 1. The van der Waals surface area contributed by atoms with Crippen molar-refractivity contribution in [2.75, 3.05) is 12.8 Å². The Kier molecular flexibility index (Phi) is 5.60. The summed E-state index contributed by atoms with van der Waals surface area (Å²) >= 11 is 12.2. The molecule has 0 fully saturated rings. The van der Waals surface area contributed by atoms with Gasteiger partial charge < -0.3 is 9.47 Å². The van der Waals surface area contributed by atoms with Crippen molar-refractivity contribution in [3.05, 3.63) is 45.5 Å². The highest BCUT2D eigenvalue weighted by Crippen LogP contribution is 2.43. The molecule has 1 aliphatic rings. The molecule has 1 unspecified atom stereocenters. The van der Waals surface area contributed by atoms with Crippen molar-refractivity contribution in [1.29, 1.82) is 0 Å². The van der Waals surface area contributed by atoms with E-state index in [0.29, 0.717) is 5.02 Å². The first-order valence-electron chi connectivity index (χ1n) is 7.52. The molecule has 26 heavy (non-hydrogen) atoms. The Balaban J connectivity index is 2.62. The molecular formula is C16H17Cl2NO6S. The number of ketones is 1. The molecule has 0 N–H and O–H groups in total. The summed E-state index contributed by atoms with van der Waals surface area (Å²) in [6, 6.07) is 4.45. The van der Waals surface area contributed by atoms with E-state index in [0.717, 1.165) is 11.2 Å². The van der Waals surface area contributed by atoms with Gasteiger partial charge in [0.1, 0.15) is 0 Å². The molecule has 10 heteroatoms. The third-order valence-corrected chi connectivity index (χ3v) is 6.19. The summed E-state index contributed by atoms with van der Waals surface area (Å²) in [5.41, 5.74) is -1.49. The van der Waals surface area contributed by atoms with Crippen LogP contribution in [0.3, 0.4) is 0 Å². The standard InChI is InChI=1S/C16H17Cl2NO6S/c1-5-26(22,23)19(4)15-13(24-9(2)20)14(21)16(3,25-15)11-8-10(17)6-7-12(11)18/h6-8H,5H2,1-4H3. The second-order valence-corrected chi connectivity index (χ2v) is 8.82. The largest absolute Gasteiger partial charge is 0.456 e. The normalized spacial score (nSPS) is 20.2. The second-order valence-electron chi connectivity index (χ2n) is 5.68. The van der Waals surface area contributed by atoms with E-state index in [1.807, 2.05) is 0 Å². The lowest BCUT2D eigenvalue weighted by Crippen LogP contribution is -2.33. The molecule has 7 nitrogen and oxygen atoms in total. The van der Waals surface area contributed by atoms with Gasteiger partial charge in [0.2, 0.25) is 21.4 Å². The van der Waals surface area contributed by atoms with E-state index in [9.17, 15) is 18.0 Å². The van der Waals surface area contributed by atoms with Crippen LogP contribution in [0.1, 0.15) is 26.3 Å². The first kappa shape index (κ1) is 20.5. The highest BCUT2D eigenvalue weighted by atomic mass is 35.5. The zero-order chi connectivity index (χ0) is 19.9. The molecule has 1 heterocycles. The van der Waals surface area contributed by atoms with Gasteiger partial charge in [0, 0.05) is 29.6 Å². The lowest BCUT2D eigenvalue weighted by atomic mass is 9.91. The maximum atomic E-state index is 13.0. The van der Waals surface area contributed by atoms with E-state index >= 15 is 0 Å². The highest BCUT2D eigenvalue weighted by molar-refractivity contribution is 7.89. The van der Waals surface area contributed by atoms with Gasteiger partial charge in [-0.25, -0.2) is 12.7 Å². The van der Waals surface area contributed by atoms with Gasteiger partial charge in [-0.15, -0.1) is 0 Å². The van der Waals surface area contributed by atoms with Crippen LogP contribution in [0.4, 0.5) is 0 Å². The zero-order valence-corrected chi connectivity index (χ0v) is 16.8. The number of halogens is 2. The number of carbonyl (C=O) groups excluding carboxylic acids is 2. The number of sulfonamides is 1. The maximum absolute atomic E-state index is 13.0. The van der Waals surface area contributed by atoms with Crippen molar-refractivity contribution in [2.45, 2.75) is 26.4 Å². The number of benzene rings is 1. The molecule has 1 aromatic carbocycles. The molecule has 1 aromatic rings. The van der Waals surface area contributed by atoms with E-state index in [4.69, 9.17) is 32.7 Å². The van der Waals surface area contributed by atoms with Gasteiger partial charge in [-0.05, 0) is 32.0 Å². The van der Waals surface area contributed by atoms with Crippen molar-refractivity contribution in [3.63, 3.8) is 0 Å².